The molecule has 2 unspecified atom stereocenters. The second kappa shape index (κ2) is 4.55. The van der Waals surface area contributed by atoms with Crippen LogP contribution in [-0.2, 0) is 6.42 Å². The highest BCUT2D eigenvalue weighted by molar-refractivity contribution is 5.68. The van der Waals surface area contributed by atoms with E-state index in [2.05, 4.69) is 24.9 Å². The summed E-state index contributed by atoms with van der Waals surface area (Å²) >= 11 is 0. The van der Waals surface area contributed by atoms with Gasteiger partial charge >= 0.3 is 0 Å². The average molecular weight is 283 g/mol. The summed E-state index contributed by atoms with van der Waals surface area (Å²) in [6.45, 7) is 7.24. The number of anilines is 1. The molecule has 0 saturated heterocycles. The first-order chi connectivity index (χ1) is 10.1. The summed E-state index contributed by atoms with van der Waals surface area (Å²) in [6.07, 6.45) is 6.44. The first kappa shape index (κ1) is 12.8. The summed E-state index contributed by atoms with van der Waals surface area (Å²) in [5, 5.41) is 14.2. The predicted octanol–water partition coefficient (Wildman–Crippen LogP) is 4.10. The van der Waals surface area contributed by atoms with Crippen LogP contribution in [0.5, 0.6) is 11.5 Å². The molecule has 2 aliphatic heterocycles. The number of allylic oxidation sites excluding steroid dienone is 3. The van der Waals surface area contributed by atoms with Gasteiger partial charge in [0.05, 0.1) is 0 Å². The third kappa shape index (κ3) is 1.87. The van der Waals surface area contributed by atoms with Crippen LogP contribution >= 0.6 is 0 Å². The van der Waals surface area contributed by atoms with E-state index in [-0.39, 0.29) is 5.92 Å². The van der Waals surface area contributed by atoms with Gasteiger partial charge in [-0.05, 0) is 32.6 Å². The molecule has 21 heavy (non-hydrogen) atoms. The Hall–Kier alpha value is -1.90. The van der Waals surface area contributed by atoms with Gasteiger partial charge in [0, 0.05) is 41.3 Å². The second-order valence-electron chi connectivity index (χ2n) is 6.45. The summed E-state index contributed by atoms with van der Waals surface area (Å²) < 4.78 is 5.96. The molecule has 110 valence electrons. The van der Waals surface area contributed by atoms with Crippen molar-refractivity contribution in [2.45, 2.75) is 38.5 Å². The SMILES string of the molecule is C=C1Oc2cc3c(c(O)c2C2C=C(C)CCC12)CCCN3. The summed E-state index contributed by atoms with van der Waals surface area (Å²) in [5.41, 5.74) is 4.42. The summed E-state index contributed by atoms with van der Waals surface area (Å²) in [5.74, 6) is 2.55. The molecule has 1 aliphatic carbocycles. The van der Waals surface area contributed by atoms with Crippen LogP contribution in [-0.4, -0.2) is 11.7 Å². The molecular formula is C18H21NO2. The lowest BCUT2D eigenvalue weighted by Crippen LogP contribution is -2.26. The molecule has 0 saturated carbocycles. The topological polar surface area (TPSA) is 41.5 Å². The fourth-order valence-electron chi connectivity index (χ4n) is 3.94. The summed E-state index contributed by atoms with van der Waals surface area (Å²) in [4.78, 5) is 0. The maximum absolute atomic E-state index is 10.8. The number of hydrogen-bond donors (Lipinski definition) is 2. The van der Waals surface area contributed by atoms with Crippen LogP contribution in [0.15, 0.2) is 30.1 Å². The Kier molecular flexibility index (Phi) is 2.78. The number of rotatable bonds is 0. The molecule has 1 aromatic rings. The Balaban J connectivity index is 1.92. The van der Waals surface area contributed by atoms with Crippen LogP contribution < -0.4 is 10.1 Å². The number of nitrogens with one attached hydrogen (secondary N) is 1. The highest BCUT2D eigenvalue weighted by atomic mass is 16.5. The van der Waals surface area contributed by atoms with E-state index < -0.39 is 0 Å². The van der Waals surface area contributed by atoms with Gasteiger partial charge in [-0.1, -0.05) is 18.2 Å². The lowest BCUT2D eigenvalue weighted by atomic mass is 9.73. The minimum absolute atomic E-state index is 0.210. The van der Waals surface area contributed by atoms with Crippen molar-refractivity contribution in [3.63, 3.8) is 0 Å². The molecule has 0 spiro atoms. The molecule has 3 heteroatoms. The molecule has 4 rings (SSSR count). The Morgan fingerprint density at radius 3 is 3.10 bits per heavy atom. The Labute approximate surface area is 125 Å². The summed E-state index contributed by atoms with van der Waals surface area (Å²) in [6, 6.07) is 2.04. The Morgan fingerprint density at radius 2 is 2.24 bits per heavy atom. The lowest BCUT2D eigenvalue weighted by Gasteiger charge is -2.38. The Morgan fingerprint density at radius 1 is 1.38 bits per heavy atom. The van der Waals surface area contributed by atoms with Gasteiger partial charge < -0.3 is 15.2 Å². The minimum atomic E-state index is 0.210. The molecule has 3 nitrogen and oxygen atoms in total. The number of phenolic OH excluding ortho intramolecular Hbond substituents is 1. The van der Waals surface area contributed by atoms with E-state index in [0.29, 0.717) is 11.7 Å². The van der Waals surface area contributed by atoms with Crippen LogP contribution in [0, 0.1) is 5.92 Å². The fraction of sp³-hybridized carbons (Fsp3) is 0.444. The van der Waals surface area contributed by atoms with Crippen molar-refractivity contribution in [2.24, 2.45) is 5.92 Å². The standard InChI is InChI=1S/C18H21NO2/c1-10-5-6-12-11(2)21-16-9-15-13(4-3-7-19-15)18(20)17(16)14(12)8-10/h8-9,12,14,19-20H,2-7H2,1H3. The Bertz CT molecular complexity index is 660. The van der Waals surface area contributed by atoms with Crippen molar-refractivity contribution in [3.05, 3.63) is 41.2 Å². The molecule has 1 aromatic carbocycles. The van der Waals surface area contributed by atoms with Crippen LogP contribution in [0.25, 0.3) is 0 Å². The van der Waals surface area contributed by atoms with Gasteiger partial charge in [0.2, 0.25) is 0 Å². The van der Waals surface area contributed by atoms with E-state index in [0.717, 1.165) is 60.6 Å². The largest absolute Gasteiger partial charge is 0.507 e. The number of aromatic hydroxyl groups is 1. The first-order valence-corrected chi connectivity index (χ1v) is 7.81. The highest BCUT2D eigenvalue weighted by Crippen LogP contribution is 2.53. The number of ether oxygens (including phenoxy) is 1. The average Bonchev–Trinajstić information content (AvgIpc) is 2.47. The number of hydrogen-bond acceptors (Lipinski definition) is 3. The lowest BCUT2D eigenvalue weighted by molar-refractivity contribution is 0.274. The van der Waals surface area contributed by atoms with E-state index >= 15 is 0 Å². The molecule has 2 atom stereocenters. The molecule has 3 aliphatic rings. The molecule has 0 bridgehead atoms. The van der Waals surface area contributed by atoms with Crippen LogP contribution in [0.3, 0.4) is 0 Å². The van der Waals surface area contributed by atoms with Crippen molar-refractivity contribution in [1.29, 1.82) is 0 Å². The van der Waals surface area contributed by atoms with Crippen molar-refractivity contribution in [3.8, 4) is 11.5 Å². The third-order valence-electron chi connectivity index (χ3n) is 5.06. The normalized spacial score (nSPS) is 26.7. The van der Waals surface area contributed by atoms with Crippen molar-refractivity contribution in [1.82, 2.24) is 0 Å². The van der Waals surface area contributed by atoms with Crippen molar-refractivity contribution >= 4 is 5.69 Å². The number of phenols is 1. The number of fused-ring (bicyclic) bond motifs is 4. The van der Waals surface area contributed by atoms with Gasteiger partial charge in [0.25, 0.3) is 0 Å². The van der Waals surface area contributed by atoms with Gasteiger partial charge in [-0.15, -0.1) is 0 Å². The van der Waals surface area contributed by atoms with E-state index in [1.807, 2.05) is 6.07 Å². The zero-order valence-electron chi connectivity index (χ0n) is 12.4. The maximum Gasteiger partial charge on any atom is 0.136 e. The van der Waals surface area contributed by atoms with Crippen LogP contribution in [0.1, 0.15) is 43.2 Å². The monoisotopic (exact) mass is 283 g/mol. The third-order valence-corrected chi connectivity index (χ3v) is 5.06. The molecular weight excluding hydrogens is 262 g/mol. The van der Waals surface area contributed by atoms with Crippen molar-refractivity contribution in [2.75, 3.05) is 11.9 Å². The van der Waals surface area contributed by atoms with E-state index in [9.17, 15) is 5.11 Å². The summed E-state index contributed by atoms with van der Waals surface area (Å²) in [7, 11) is 0. The van der Waals surface area contributed by atoms with E-state index in [4.69, 9.17) is 4.74 Å². The smallest absolute Gasteiger partial charge is 0.136 e. The zero-order valence-corrected chi connectivity index (χ0v) is 12.4. The number of benzene rings is 1. The predicted molar refractivity (Wildman–Crippen MR) is 83.9 cm³/mol. The molecule has 2 N–H and O–H groups in total. The van der Waals surface area contributed by atoms with Crippen LogP contribution in [0.4, 0.5) is 5.69 Å². The molecule has 0 aromatic heterocycles. The van der Waals surface area contributed by atoms with Gasteiger partial charge in [0.15, 0.2) is 0 Å². The van der Waals surface area contributed by atoms with Crippen LogP contribution in [0.2, 0.25) is 0 Å². The molecule has 0 radical (unpaired) electrons. The maximum atomic E-state index is 10.8. The quantitative estimate of drug-likeness (QED) is 0.704. The van der Waals surface area contributed by atoms with E-state index in [1.54, 1.807) is 0 Å². The fourth-order valence-corrected chi connectivity index (χ4v) is 3.94. The van der Waals surface area contributed by atoms with Crippen molar-refractivity contribution < 1.29 is 9.84 Å². The highest BCUT2D eigenvalue weighted by Gasteiger charge is 2.38. The molecule has 0 amide bonds. The molecule has 0 fully saturated rings. The van der Waals surface area contributed by atoms with Gasteiger partial charge in [-0.3, -0.25) is 0 Å². The molecule has 2 heterocycles. The minimum Gasteiger partial charge on any atom is -0.507 e. The second-order valence-corrected chi connectivity index (χ2v) is 6.45. The zero-order chi connectivity index (χ0) is 14.6. The first-order valence-electron chi connectivity index (χ1n) is 7.81. The van der Waals surface area contributed by atoms with Gasteiger partial charge in [-0.2, -0.15) is 0 Å². The van der Waals surface area contributed by atoms with Gasteiger partial charge in [0.1, 0.15) is 17.3 Å². The van der Waals surface area contributed by atoms with Gasteiger partial charge in [-0.25, -0.2) is 0 Å². The van der Waals surface area contributed by atoms with E-state index in [1.165, 1.54) is 5.57 Å².